The number of anilines is 1. The van der Waals surface area contributed by atoms with Crippen LogP contribution in [0, 0.1) is 5.92 Å². The highest BCUT2D eigenvalue weighted by Crippen LogP contribution is 2.51. The fraction of sp³-hybridized carbons (Fsp3) is 0.517. The quantitative estimate of drug-likeness (QED) is 0.491. The predicted octanol–water partition coefficient (Wildman–Crippen LogP) is 5.96. The minimum absolute atomic E-state index is 0.0301. The van der Waals surface area contributed by atoms with Crippen LogP contribution < -0.4 is 10.6 Å². The first-order chi connectivity index (χ1) is 16.7. The van der Waals surface area contributed by atoms with Gasteiger partial charge in [0, 0.05) is 5.69 Å². The van der Waals surface area contributed by atoms with Crippen LogP contribution in [0.3, 0.4) is 0 Å². The Bertz CT molecular complexity index is 976. The zero-order valence-electron chi connectivity index (χ0n) is 21.1. The number of nitrogens with one attached hydrogen (secondary N) is 2. The molecule has 2 N–H and O–H groups in total. The summed E-state index contributed by atoms with van der Waals surface area (Å²) >= 11 is 0. The van der Waals surface area contributed by atoms with Crippen LogP contribution in [-0.2, 0) is 26.3 Å². The summed E-state index contributed by atoms with van der Waals surface area (Å²) < 4.78 is 11.1. The Labute approximate surface area is 208 Å². The van der Waals surface area contributed by atoms with Crippen molar-refractivity contribution in [3.8, 4) is 0 Å². The number of hydrogen-bond acceptors (Lipinski definition) is 4. The average molecular weight is 479 g/mol. The SMILES string of the molecule is CC(C)(C)OC(=O)N[C@@H](COCc1ccccc1)C(=O)Nc1ccc(C23CCC(CC2)CC3)cc1. The van der Waals surface area contributed by atoms with Gasteiger partial charge in [-0.05, 0) is 93.9 Å². The maximum Gasteiger partial charge on any atom is 0.408 e. The molecule has 6 heteroatoms. The van der Waals surface area contributed by atoms with Gasteiger partial charge in [-0.2, -0.15) is 0 Å². The molecule has 0 aliphatic heterocycles. The van der Waals surface area contributed by atoms with Gasteiger partial charge in [0.2, 0.25) is 5.91 Å². The van der Waals surface area contributed by atoms with E-state index in [1.54, 1.807) is 20.8 Å². The second-order valence-electron chi connectivity index (χ2n) is 11.0. The summed E-state index contributed by atoms with van der Waals surface area (Å²) in [7, 11) is 0. The minimum Gasteiger partial charge on any atom is -0.444 e. The highest BCUT2D eigenvalue weighted by Gasteiger charge is 2.41. The fourth-order valence-electron chi connectivity index (χ4n) is 5.32. The Kier molecular flexibility index (Phi) is 7.80. The molecule has 3 saturated carbocycles. The summed E-state index contributed by atoms with van der Waals surface area (Å²) in [5.74, 6) is 0.585. The van der Waals surface area contributed by atoms with Crippen molar-refractivity contribution in [2.24, 2.45) is 5.92 Å². The molecule has 1 atom stereocenters. The molecule has 5 rings (SSSR count). The lowest BCUT2D eigenvalue weighted by atomic mass is 9.58. The van der Waals surface area contributed by atoms with Crippen LogP contribution in [0.25, 0.3) is 0 Å². The first-order valence-corrected chi connectivity index (χ1v) is 12.8. The Balaban J connectivity index is 1.39. The molecule has 6 nitrogen and oxygen atoms in total. The standard InChI is InChI=1S/C29H38N2O4/c1-28(2,3)35-27(33)31-25(20-34-19-22-7-5-4-6-8-22)26(32)30-24-11-9-23(10-12-24)29-16-13-21(14-17-29)15-18-29/h4-12,21,25H,13-20H2,1-3H3,(H,30,32)(H,31,33)/t21?,25-,29?/m0/s1. The zero-order chi connectivity index (χ0) is 24.9. The summed E-state index contributed by atoms with van der Waals surface area (Å²) in [5.41, 5.74) is 2.73. The molecule has 3 aliphatic rings. The van der Waals surface area contributed by atoms with E-state index in [4.69, 9.17) is 9.47 Å². The number of carbonyl (C=O) groups excluding carboxylic acids is 2. The van der Waals surface area contributed by atoms with E-state index >= 15 is 0 Å². The van der Waals surface area contributed by atoms with Gasteiger partial charge in [-0.25, -0.2) is 4.79 Å². The molecule has 35 heavy (non-hydrogen) atoms. The number of alkyl carbamates (subject to hydrolysis) is 1. The molecular formula is C29H38N2O4. The molecule has 188 valence electrons. The normalized spacial score (nSPS) is 22.3. The van der Waals surface area contributed by atoms with Gasteiger partial charge >= 0.3 is 6.09 Å². The number of carbonyl (C=O) groups is 2. The molecule has 0 saturated heterocycles. The van der Waals surface area contributed by atoms with E-state index in [0.717, 1.165) is 11.5 Å². The van der Waals surface area contributed by atoms with Crippen molar-refractivity contribution in [1.82, 2.24) is 5.32 Å². The smallest absolute Gasteiger partial charge is 0.408 e. The lowest BCUT2D eigenvalue weighted by Gasteiger charge is -2.47. The third kappa shape index (κ3) is 6.85. The van der Waals surface area contributed by atoms with Crippen molar-refractivity contribution in [3.05, 3.63) is 65.7 Å². The van der Waals surface area contributed by atoms with Crippen LogP contribution in [0.15, 0.2) is 54.6 Å². The molecule has 2 aromatic carbocycles. The molecule has 3 aliphatic carbocycles. The molecule has 2 aromatic rings. The summed E-state index contributed by atoms with van der Waals surface area (Å²) in [5, 5.41) is 5.61. The number of fused-ring (bicyclic) bond motifs is 3. The van der Waals surface area contributed by atoms with E-state index < -0.39 is 17.7 Å². The van der Waals surface area contributed by atoms with Gasteiger partial charge in [-0.15, -0.1) is 0 Å². The Hall–Kier alpha value is -2.86. The summed E-state index contributed by atoms with van der Waals surface area (Å²) in [6.45, 7) is 5.73. The van der Waals surface area contributed by atoms with Gasteiger partial charge in [0.05, 0.1) is 13.2 Å². The van der Waals surface area contributed by atoms with E-state index in [0.29, 0.717) is 17.7 Å². The molecular weight excluding hydrogens is 440 g/mol. The second kappa shape index (κ2) is 10.8. The first kappa shape index (κ1) is 25.2. The van der Waals surface area contributed by atoms with Gasteiger partial charge in [0.15, 0.2) is 0 Å². The van der Waals surface area contributed by atoms with E-state index in [-0.39, 0.29) is 12.5 Å². The van der Waals surface area contributed by atoms with Crippen molar-refractivity contribution in [2.45, 2.75) is 83.0 Å². The van der Waals surface area contributed by atoms with Crippen LogP contribution in [0.1, 0.15) is 70.4 Å². The van der Waals surface area contributed by atoms with E-state index in [2.05, 4.69) is 22.8 Å². The number of rotatable bonds is 8. The second-order valence-corrected chi connectivity index (χ2v) is 11.0. The van der Waals surface area contributed by atoms with Crippen LogP contribution >= 0.6 is 0 Å². The zero-order valence-corrected chi connectivity index (χ0v) is 21.1. The summed E-state index contributed by atoms with van der Waals surface area (Å²) in [6, 6.07) is 17.1. The maximum absolute atomic E-state index is 13.1. The number of hydrogen-bond donors (Lipinski definition) is 2. The third-order valence-corrected chi connectivity index (χ3v) is 7.26. The highest BCUT2D eigenvalue weighted by atomic mass is 16.6. The molecule has 0 spiro atoms. The average Bonchev–Trinajstić information content (AvgIpc) is 2.84. The van der Waals surface area contributed by atoms with Gasteiger partial charge < -0.3 is 20.1 Å². The lowest BCUT2D eigenvalue weighted by Crippen LogP contribution is -2.48. The molecule has 2 amide bonds. The van der Waals surface area contributed by atoms with Gasteiger partial charge in [0.25, 0.3) is 0 Å². The van der Waals surface area contributed by atoms with E-state index in [9.17, 15) is 9.59 Å². The van der Waals surface area contributed by atoms with Gasteiger partial charge in [-0.3, -0.25) is 4.79 Å². The largest absolute Gasteiger partial charge is 0.444 e. The molecule has 0 aromatic heterocycles. The van der Waals surface area contributed by atoms with Crippen molar-refractivity contribution in [2.75, 3.05) is 11.9 Å². The van der Waals surface area contributed by atoms with Crippen molar-refractivity contribution in [1.29, 1.82) is 0 Å². The van der Waals surface area contributed by atoms with Crippen molar-refractivity contribution >= 4 is 17.7 Å². The van der Waals surface area contributed by atoms with E-state index in [1.165, 1.54) is 44.1 Å². The molecule has 3 fully saturated rings. The van der Waals surface area contributed by atoms with Gasteiger partial charge in [0.1, 0.15) is 11.6 Å². The van der Waals surface area contributed by atoms with Crippen LogP contribution in [-0.4, -0.2) is 30.3 Å². The first-order valence-electron chi connectivity index (χ1n) is 12.8. The highest BCUT2D eigenvalue weighted by molar-refractivity contribution is 5.96. The van der Waals surface area contributed by atoms with Crippen LogP contribution in [0.4, 0.5) is 10.5 Å². The minimum atomic E-state index is -0.888. The molecule has 0 radical (unpaired) electrons. The van der Waals surface area contributed by atoms with Crippen LogP contribution in [0.5, 0.6) is 0 Å². The molecule has 0 unspecified atom stereocenters. The van der Waals surface area contributed by atoms with Crippen LogP contribution in [0.2, 0.25) is 0 Å². The topological polar surface area (TPSA) is 76.7 Å². The number of ether oxygens (including phenoxy) is 2. The maximum atomic E-state index is 13.1. The third-order valence-electron chi connectivity index (χ3n) is 7.26. The summed E-state index contributed by atoms with van der Waals surface area (Å²) in [6.07, 6.45) is 7.15. The Morgan fingerprint density at radius 3 is 2.20 bits per heavy atom. The predicted molar refractivity (Wildman–Crippen MR) is 137 cm³/mol. The Morgan fingerprint density at radius 2 is 1.60 bits per heavy atom. The molecule has 0 heterocycles. The van der Waals surface area contributed by atoms with E-state index in [1.807, 2.05) is 42.5 Å². The van der Waals surface area contributed by atoms with Crippen molar-refractivity contribution in [3.63, 3.8) is 0 Å². The summed E-state index contributed by atoms with van der Waals surface area (Å²) in [4.78, 5) is 25.5. The Morgan fingerprint density at radius 1 is 0.971 bits per heavy atom. The fourth-order valence-corrected chi connectivity index (χ4v) is 5.32. The monoisotopic (exact) mass is 478 g/mol. The van der Waals surface area contributed by atoms with Gasteiger partial charge in [-0.1, -0.05) is 42.5 Å². The lowest BCUT2D eigenvalue weighted by molar-refractivity contribution is -0.119. The molecule has 2 bridgehead atoms. The number of benzene rings is 2. The van der Waals surface area contributed by atoms with Crippen molar-refractivity contribution < 1.29 is 19.1 Å². The number of amides is 2.